The molecule has 0 heterocycles. The molecule has 1 aromatic carbocycles. The van der Waals surface area contributed by atoms with Gasteiger partial charge >= 0.3 is 0 Å². The molecule has 0 bridgehead atoms. The van der Waals surface area contributed by atoms with Crippen molar-refractivity contribution in [2.45, 2.75) is 25.7 Å². The third-order valence-corrected chi connectivity index (χ3v) is 4.48. The van der Waals surface area contributed by atoms with Gasteiger partial charge in [-0.1, -0.05) is 12.5 Å². The zero-order valence-electron chi connectivity index (χ0n) is 11.4. The van der Waals surface area contributed by atoms with Crippen LogP contribution in [-0.4, -0.2) is 24.3 Å². The van der Waals surface area contributed by atoms with E-state index >= 15 is 0 Å². The van der Waals surface area contributed by atoms with Gasteiger partial charge in [0.2, 0.25) is 5.91 Å². The maximum Gasteiger partial charge on any atom is 0.243 e. The largest absolute Gasteiger partial charge is 0.504 e. The van der Waals surface area contributed by atoms with Gasteiger partial charge in [-0.05, 0) is 36.8 Å². The van der Waals surface area contributed by atoms with Gasteiger partial charge in [-0.25, -0.2) is 5.43 Å². The van der Waals surface area contributed by atoms with E-state index in [1.165, 1.54) is 32.6 Å². The molecule has 2 saturated carbocycles. The zero-order chi connectivity index (χ0) is 14.2. The molecule has 0 radical (unpaired) electrons. The second-order valence-corrected chi connectivity index (χ2v) is 5.60. The highest BCUT2D eigenvalue weighted by Gasteiger charge is 2.60. The fourth-order valence-electron chi connectivity index (χ4n) is 2.95. The summed E-state index contributed by atoms with van der Waals surface area (Å²) < 4.78 is 5.01. The van der Waals surface area contributed by atoms with Crippen molar-refractivity contribution < 1.29 is 14.6 Å². The Morgan fingerprint density at radius 2 is 2.35 bits per heavy atom. The van der Waals surface area contributed by atoms with Gasteiger partial charge in [-0.3, -0.25) is 4.79 Å². The minimum atomic E-state index is -0.0108. The SMILES string of the molecule is COc1cccc(/C=N\NC(=O)[C@H]2CC23CCC3)c1O. The van der Waals surface area contributed by atoms with E-state index < -0.39 is 0 Å². The molecule has 1 spiro atoms. The first-order chi connectivity index (χ1) is 9.66. The highest BCUT2D eigenvalue weighted by Crippen LogP contribution is 2.65. The monoisotopic (exact) mass is 274 g/mol. The highest BCUT2D eigenvalue weighted by molar-refractivity contribution is 5.87. The Hall–Kier alpha value is -2.04. The molecule has 1 atom stereocenters. The van der Waals surface area contributed by atoms with E-state index in [1.54, 1.807) is 18.2 Å². The van der Waals surface area contributed by atoms with E-state index in [-0.39, 0.29) is 17.6 Å². The minimum absolute atomic E-state index is 0.0108. The summed E-state index contributed by atoms with van der Waals surface area (Å²) in [6, 6.07) is 5.12. The van der Waals surface area contributed by atoms with Crippen LogP contribution < -0.4 is 10.2 Å². The van der Waals surface area contributed by atoms with E-state index in [9.17, 15) is 9.90 Å². The number of amides is 1. The van der Waals surface area contributed by atoms with Crippen molar-refractivity contribution in [3.8, 4) is 11.5 Å². The number of hydrogen-bond acceptors (Lipinski definition) is 4. The lowest BCUT2D eigenvalue weighted by Crippen LogP contribution is -2.26. The third kappa shape index (κ3) is 2.13. The van der Waals surface area contributed by atoms with Gasteiger partial charge in [0.25, 0.3) is 0 Å². The number of carbonyl (C=O) groups is 1. The summed E-state index contributed by atoms with van der Waals surface area (Å²) in [7, 11) is 1.49. The Balaban J connectivity index is 1.59. The lowest BCUT2D eigenvalue weighted by atomic mass is 9.80. The number of phenols is 1. The van der Waals surface area contributed by atoms with Gasteiger partial charge in [0.05, 0.1) is 13.3 Å². The van der Waals surface area contributed by atoms with Crippen LogP contribution in [0.2, 0.25) is 0 Å². The number of ether oxygens (including phenoxy) is 1. The molecule has 0 aliphatic heterocycles. The molecular formula is C15H18N2O3. The number of phenolic OH excluding ortho intramolecular Hbond substituents is 1. The molecule has 0 aromatic heterocycles. The van der Waals surface area contributed by atoms with Crippen molar-refractivity contribution >= 4 is 12.1 Å². The highest BCUT2D eigenvalue weighted by atomic mass is 16.5. The molecule has 1 aromatic rings. The van der Waals surface area contributed by atoms with Crippen LogP contribution in [0.25, 0.3) is 0 Å². The summed E-state index contributed by atoms with van der Waals surface area (Å²) in [4.78, 5) is 11.9. The Kier molecular flexibility index (Phi) is 3.12. The molecule has 2 N–H and O–H groups in total. The average molecular weight is 274 g/mol. The number of hydrazone groups is 1. The summed E-state index contributed by atoms with van der Waals surface area (Å²) in [5.74, 6) is 0.529. The number of aromatic hydroxyl groups is 1. The van der Waals surface area contributed by atoms with E-state index in [1.807, 2.05) is 0 Å². The average Bonchev–Trinajstić information content (AvgIpc) is 3.16. The molecule has 0 saturated heterocycles. The lowest BCUT2D eigenvalue weighted by molar-refractivity contribution is -0.123. The molecule has 20 heavy (non-hydrogen) atoms. The van der Waals surface area contributed by atoms with Crippen LogP contribution in [0.3, 0.4) is 0 Å². The molecule has 2 aliphatic carbocycles. The summed E-state index contributed by atoms with van der Waals surface area (Å²) in [5.41, 5.74) is 3.38. The first-order valence-electron chi connectivity index (χ1n) is 6.85. The van der Waals surface area contributed by atoms with Gasteiger partial charge in [0.15, 0.2) is 11.5 Å². The van der Waals surface area contributed by atoms with Crippen molar-refractivity contribution in [3.63, 3.8) is 0 Å². The normalized spacial score (nSPS) is 22.6. The molecule has 3 rings (SSSR count). The van der Waals surface area contributed by atoms with E-state index in [2.05, 4.69) is 10.5 Å². The molecule has 5 nitrogen and oxygen atoms in total. The fourth-order valence-corrected chi connectivity index (χ4v) is 2.95. The Morgan fingerprint density at radius 1 is 1.55 bits per heavy atom. The van der Waals surface area contributed by atoms with Crippen molar-refractivity contribution in [3.05, 3.63) is 23.8 Å². The molecule has 2 fully saturated rings. The van der Waals surface area contributed by atoms with E-state index in [0.717, 1.165) is 6.42 Å². The maximum absolute atomic E-state index is 11.9. The minimum Gasteiger partial charge on any atom is -0.504 e. The Morgan fingerprint density at radius 3 is 2.95 bits per heavy atom. The number of para-hydroxylation sites is 1. The third-order valence-electron chi connectivity index (χ3n) is 4.48. The molecule has 5 heteroatoms. The van der Waals surface area contributed by atoms with Gasteiger partial charge in [-0.15, -0.1) is 0 Å². The quantitative estimate of drug-likeness (QED) is 0.652. The van der Waals surface area contributed by atoms with Gasteiger partial charge in [0.1, 0.15) is 0 Å². The lowest BCUT2D eigenvalue weighted by Gasteiger charge is -2.25. The summed E-state index contributed by atoms with van der Waals surface area (Å²) in [6.45, 7) is 0. The number of nitrogens with one attached hydrogen (secondary N) is 1. The number of carbonyl (C=O) groups excluding carboxylic acids is 1. The predicted molar refractivity (Wildman–Crippen MR) is 74.8 cm³/mol. The van der Waals surface area contributed by atoms with Crippen LogP contribution in [0, 0.1) is 11.3 Å². The van der Waals surface area contributed by atoms with Gasteiger partial charge in [0, 0.05) is 11.5 Å². The number of hydrogen-bond donors (Lipinski definition) is 2. The van der Waals surface area contributed by atoms with Crippen LogP contribution in [0.4, 0.5) is 0 Å². The Bertz CT molecular complexity index is 564. The van der Waals surface area contributed by atoms with Crippen LogP contribution in [0.5, 0.6) is 11.5 Å². The zero-order valence-corrected chi connectivity index (χ0v) is 11.4. The van der Waals surface area contributed by atoms with Crippen LogP contribution in [-0.2, 0) is 4.79 Å². The van der Waals surface area contributed by atoms with Crippen molar-refractivity contribution in [1.82, 2.24) is 5.43 Å². The standard InChI is InChI=1S/C15H18N2O3/c1-20-12-5-2-4-10(13(12)18)9-16-17-14(19)11-8-15(11)6-3-7-15/h2,4-5,9,11,18H,3,6-8H2,1H3,(H,17,19)/b16-9-/t11-/m1/s1. The maximum atomic E-state index is 11.9. The smallest absolute Gasteiger partial charge is 0.243 e. The fraction of sp³-hybridized carbons (Fsp3) is 0.467. The first kappa shape index (κ1) is 13.0. The van der Waals surface area contributed by atoms with Gasteiger partial charge in [-0.2, -0.15) is 5.10 Å². The summed E-state index contributed by atoms with van der Waals surface area (Å²) in [6.07, 6.45) is 6.02. The molecule has 106 valence electrons. The van der Waals surface area contributed by atoms with Crippen molar-refractivity contribution in [2.24, 2.45) is 16.4 Å². The predicted octanol–water partition coefficient (Wildman–Crippen LogP) is 2.04. The number of nitrogens with zero attached hydrogens (tertiary/aromatic N) is 1. The second kappa shape index (κ2) is 4.81. The van der Waals surface area contributed by atoms with Crippen molar-refractivity contribution in [2.75, 3.05) is 7.11 Å². The molecule has 0 unspecified atom stereocenters. The van der Waals surface area contributed by atoms with Crippen LogP contribution in [0.15, 0.2) is 23.3 Å². The number of benzene rings is 1. The van der Waals surface area contributed by atoms with Crippen LogP contribution >= 0.6 is 0 Å². The van der Waals surface area contributed by atoms with Gasteiger partial charge < -0.3 is 9.84 Å². The molecular weight excluding hydrogens is 256 g/mol. The van der Waals surface area contributed by atoms with E-state index in [4.69, 9.17) is 4.74 Å². The van der Waals surface area contributed by atoms with Crippen LogP contribution in [0.1, 0.15) is 31.2 Å². The number of methoxy groups -OCH3 is 1. The summed E-state index contributed by atoms with van der Waals surface area (Å²) >= 11 is 0. The molecule has 1 amide bonds. The topological polar surface area (TPSA) is 70.9 Å². The summed E-state index contributed by atoms with van der Waals surface area (Å²) in [5, 5.41) is 13.8. The van der Waals surface area contributed by atoms with E-state index in [0.29, 0.717) is 16.7 Å². The number of rotatable bonds is 4. The Labute approximate surface area is 117 Å². The second-order valence-electron chi connectivity index (χ2n) is 5.60. The molecule has 2 aliphatic rings. The van der Waals surface area contributed by atoms with Crippen molar-refractivity contribution in [1.29, 1.82) is 0 Å². The first-order valence-corrected chi connectivity index (χ1v) is 6.85.